The van der Waals surface area contributed by atoms with Crippen LogP contribution in [0.3, 0.4) is 0 Å². The summed E-state index contributed by atoms with van der Waals surface area (Å²) in [6.45, 7) is 11.1. The van der Waals surface area contributed by atoms with Gasteiger partial charge in [-0.05, 0) is 18.4 Å². The van der Waals surface area contributed by atoms with Gasteiger partial charge in [0.05, 0.1) is 0 Å². The molecule has 76 valence electrons. The summed E-state index contributed by atoms with van der Waals surface area (Å²) < 4.78 is 5.96. The third kappa shape index (κ3) is 2.26. The van der Waals surface area contributed by atoms with Crippen LogP contribution >= 0.6 is 0 Å². The Morgan fingerprint density at radius 3 is 2.23 bits per heavy atom. The minimum atomic E-state index is 0.190. The van der Waals surface area contributed by atoms with Gasteiger partial charge in [0, 0.05) is 11.8 Å². The fourth-order valence-corrected chi connectivity index (χ4v) is 1.90. The summed E-state index contributed by atoms with van der Waals surface area (Å²) in [5.41, 5.74) is 1.72. The Balaban J connectivity index is 2.80. The third-order valence-corrected chi connectivity index (χ3v) is 2.64. The molecular weight excluding hydrogens is 160 g/mol. The van der Waals surface area contributed by atoms with Crippen LogP contribution < -0.4 is 0 Å². The average molecular weight is 182 g/mol. The van der Waals surface area contributed by atoms with E-state index < -0.39 is 0 Å². The van der Waals surface area contributed by atoms with Crippen molar-refractivity contribution in [2.24, 2.45) is 5.41 Å². The maximum atomic E-state index is 5.96. The summed E-state index contributed by atoms with van der Waals surface area (Å²) in [5, 5.41) is 0. The zero-order chi connectivity index (χ0) is 10.1. The maximum Gasteiger partial charge on any atom is 0.102 e. The number of hydrogen-bond donors (Lipinski definition) is 0. The van der Waals surface area contributed by atoms with Crippen LogP contribution in [0.5, 0.6) is 0 Å². The summed E-state index contributed by atoms with van der Waals surface area (Å²) in [5.74, 6) is 1.25. The van der Waals surface area contributed by atoms with Crippen molar-refractivity contribution in [3.8, 4) is 0 Å². The number of hydrogen-bond acceptors (Lipinski definition) is 1. The summed E-state index contributed by atoms with van der Waals surface area (Å²) in [4.78, 5) is 0. The standard InChI is InChI=1S/C12H22O/c1-6-9-8-10(7-2)13-11(9)12(3,4)5/h10H,6-8H2,1-5H3. The molecule has 1 nitrogen and oxygen atoms in total. The number of ether oxygens (including phenoxy) is 1. The van der Waals surface area contributed by atoms with Gasteiger partial charge in [-0.25, -0.2) is 0 Å². The van der Waals surface area contributed by atoms with E-state index in [0.29, 0.717) is 6.10 Å². The van der Waals surface area contributed by atoms with Crippen molar-refractivity contribution < 1.29 is 4.74 Å². The number of rotatable bonds is 2. The molecule has 1 unspecified atom stereocenters. The molecule has 0 spiro atoms. The summed E-state index contributed by atoms with van der Waals surface area (Å²) >= 11 is 0. The Bertz CT molecular complexity index is 208. The lowest BCUT2D eigenvalue weighted by atomic mass is 9.90. The van der Waals surface area contributed by atoms with Crippen LogP contribution in [-0.2, 0) is 4.74 Å². The molecule has 0 N–H and O–H groups in total. The summed E-state index contributed by atoms with van der Waals surface area (Å²) in [6, 6.07) is 0. The van der Waals surface area contributed by atoms with E-state index in [4.69, 9.17) is 4.74 Å². The smallest absolute Gasteiger partial charge is 0.102 e. The molecule has 1 atom stereocenters. The highest BCUT2D eigenvalue weighted by Crippen LogP contribution is 2.39. The van der Waals surface area contributed by atoms with Gasteiger partial charge in [-0.15, -0.1) is 0 Å². The first kappa shape index (κ1) is 10.6. The second kappa shape index (κ2) is 3.73. The van der Waals surface area contributed by atoms with Gasteiger partial charge in [0.1, 0.15) is 11.9 Å². The minimum Gasteiger partial charge on any atom is -0.494 e. The molecule has 0 saturated heterocycles. The van der Waals surface area contributed by atoms with Crippen molar-refractivity contribution in [1.29, 1.82) is 0 Å². The van der Waals surface area contributed by atoms with Crippen molar-refractivity contribution in [2.45, 2.75) is 60.0 Å². The van der Waals surface area contributed by atoms with Crippen LogP contribution in [0.4, 0.5) is 0 Å². The van der Waals surface area contributed by atoms with Crippen LogP contribution in [0.1, 0.15) is 53.9 Å². The van der Waals surface area contributed by atoms with E-state index in [9.17, 15) is 0 Å². The maximum absolute atomic E-state index is 5.96. The van der Waals surface area contributed by atoms with Crippen molar-refractivity contribution >= 4 is 0 Å². The lowest BCUT2D eigenvalue weighted by Gasteiger charge is -2.23. The Morgan fingerprint density at radius 1 is 1.31 bits per heavy atom. The molecule has 0 radical (unpaired) electrons. The molecule has 0 aliphatic carbocycles. The van der Waals surface area contributed by atoms with Crippen molar-refractivity contribution in [3.63, 3.8) is 0 Å². The fourth-order valence-electron chi connectivity index (χ4n) is 1.90. The van der Waals surface area contributed by atoms with Crippen LogP contribution in [0.2, 0.25) is 0 Å². The second-order valence-corrected chi connectivity index (χ2v) is 4.89. The SMILES string of the molecule is CCC1=C(C(C)(C)C)OC(CC)C1. The predicted octanol–water partition coefficient (Wildman–Crippen LogP) is 3.90. The largest absolute Gasteiger partial charge is 0.494 e. The van der Waals surface area contributed by atoms with Gasteiger partial charge < -0.3 is 4.74 Å². The third-order valence-electron chi connectivity index (χ3n) is 2.64. The van der Waals surface area contributed by atoms with E-state index in [1.165, 1.54) is 11.3 Å². The molecule has 1 rings (SSSR count). The van der Waals surface area contributed by atoms with Gasteiger partial charge in [0.2, 0.25) is 0 Å². The Kier molecular flexibility index (Phi) is 3.05. The Morgan fingerprint density at radius 2 is 1.92 bits per heavy atom. The molecule has 0 aromatic carbocycles. The van der Waals surface area contributed by atoms with Crippen LogP contribution in [-0.4, -0.2) is 6.10 Å². The normalized spacial score (nSPS) is 23.6. The van der Waals surface area contributed by atoms with Crippen LogP contribution in [0, 0.1) is 5.41 Å². The van der Waals surface area contributed by atoms with Gasteiger partial charge in [0.25, 0.3) is 0 Å². The van der Waals surface area contributed by atoms with E-state index >= 15 is 0 Å². The van der Waals surface area contributed by atoms with Gasteiger partial charge in [-0.3, -0.25) is 0 Å². The van der Waals surface area contributed by atoms with Crippen molar-refractivity contribution in [2.75, 3.05) is 0 Å². The van der Waals surface area contributed by atoms with Crippen molar-refractivity contribution in [1.82, 2.24) is 0 Å². The lowest BCUT2D eigenvalue weighted by molar-refractivity contribution is 0.100. The molecule has 1 aliphatic heterocycles. The van der Waals surface area contributed by atoms with Gasteiger partial charge in [-0.2, -0.15) is 0 Å². The first-order valence-corrected chi connectivity index (χ1v) is 5.38. The molecule has 1 heteroatoms. The Hall–Kier alpha value is -0.460. The molecule has 1 heterocycles. The van der Waals surface area contributed by atoms with E-state index in [-0.39, 0.29) is 5.41 Å². The van der Waals surface area contributed by atoms with Gasteiger partial charge >= 0.3 is 0 Å². The lowest BCUT2D eigenvalue weighted by Crippen LogP contribution is -2.13. The first-order chi connectivity index (χ1) is 5.99. The van der Waals surface area contributed by atoms with Crippen LogP contribution in [0.15, 0.2) is 11.3 Å². The zero-order valence-corrected chi connectivity index (χ0v) is 9.61. The minimum absolute atomic E-state index is 0.190. The Labute approximate surface area is 82.2 Å². The molecule has 0 saturated carbocycles. The number of allylic oxidation sites excluding steroid dienone is 1. The highest BCUT2D eigenvalue weighted by molar-refractivity contribution is 5.19. The highest BCUT2D eigenvalue weighted by Gasteiger charge is 2.30. The topological polar surface area (TPSA) is 9.23 Å². The molecule has 0 aromatic rings. The zero-order valence-electron chi connectivity index (χ0n) is 9.61. The first-order valence-electron chi connectivity index (χ1n) is 5.38. The summed E-state index contributed by atoms with van der Waals surface area (Å²) in [7, 11) is 0. The molecule has 0 aromatic heterocycles. The van der Waals surface area contributed by atoms with Gasteiger partial charge in [-0.1, -0.05) is 34.6 Å². The summed E-state index contributed by atoms with van der Waals surface area (Å²) in [6.07, 6.45) is 3.87. The van der Waals surface area contributed by atoms with E-state index in [1.54, 1.807) is 0 Å². The molecule has 0 fully saturated rings. The highest BCUT2D eigenvalue weighted by atomic mass is 16.5. The second-order valence-electron chi connectivity index (χ2n) is 4.89. The van der Waals surface area contributed by atoms with Crippen molar-refractivity contribution in [3.05, 3.63) is 11.3 Å². The molecule has 13 heavy (non-hydrogen) atoms. The van der Waals surface area contributed by atoms with E-state index in [2.05, 4.69) is 34.6 Å². The van der Waals surface area contributed by atoms with Crippen LogP contribution in [0.25, 0.3) is 0 Å². The van der Waals surface area contributed by atoms with E-state index in [0.717, 1.165) is 19.3 Å². The molecular formula is C12H22O. The van der Waals surface area contributed by atoms with Gasteiger partial charge in [0.15, 0.2) is 0 Å². The quantitative estimate of drug-likeness (QED) is 0.629. The predicted molar refractivity (Wildman–Crippen MR) is 56.6 cm³/mol. The van der Waals surface area contributed by atoms with E-state index in [1.807, 2.05) is 0 Å². The monoisotopic (exact) mass is 182 g/mol. The molecule has 0 bridgehead atoms. The molecule has 1 aliphatic rings. The molecule has 0 amide bonds. The average Bonchev–Trinajstić information content (AvgIpc) is 2.46. The fraction of sp³-hybridized carbons (Fsp3) is 0.833.